The average Bonchev–Trinajstić information content (AvgIpc) is 2.25. The van der Waals surface area contributed by atoms with Crippen molar-refractivity contribution in [3.63, 3.8) is 0 Å². The second-order valence-electron chi connectivity index (χ2n) is 3.18. The predicted molar refractivity (Wildman–Crippen MR) is 62.1 cm³/mol. The minimum atomic E-state index is 0.790. The summed E-state index contributed by atoms with van der Waals surface area (Å²) < 4.78 is 5.50. The van der Waals surface area contributed by atoms with Gasteiger partial charge in [-0.2, -0.15) is 12.6 Å². The van der Waals surface area contributed by atoms with Crippen LogP contribution in [0.4, 0.5) is 0 Å². The Kier molecular flexibility index (Phi) is 6.24. The van der Waals surface area contributed by atoms with Gasteiger partial charge in [-0.25, -0.2) is 0 Å². The topological polar surface area (TPSA) is 22.1 Å². The van der Waals surface area contributed by atoms with Crippen molar-refractivity contribution in [3.05, 3.63) is 24.5 Å². The van der Waals surface area contributed by atoms with E-state index in [9.17, 15) is 0 Å². The quantitative estimate of drug-likeness (QED) is 0.553. The third-order valence-corrected chi connectivity index (χ3v) is 2.27. The molecule has 1 rings (SSSR count). The molecule has 78 valence electrons. The Morgan fingerprint density at radius 2 is 2.07 bits per heavy atom. The first-order valence-corrected chi connectivity index (χ1v) is 5.70. The Bertz CT molecular complexity index is 228. The zero-order valence-electron chi connectivity index (χ0n) is 8.35. The van der Waals surface area contributed by atoms with Crippen molar-refractivity contribution in [3.8, 4) is 5.75 Å². The van der Waals surface area contributed by atoms with E-state index >= 15 is 0 Å². The summed E-state index contributed by atoms with van der Waals surface area (Å²) in [7, 11) is 0. The third kappa shape index (κ3) is 5.12. The highest BCUT2D eigenvalue weighted by Gasteiger charge is 1.92. The van der Waals surface area contributed by atoms with E-state index in [2.05, 4.69) is 17.6 Å². The Labute approximate surface area is 91.1 Å². The first-order chi connectivity index (χ1) is 6.93. The van der Waals surface area contributed by atoms with E-state index in [1.807, 2.05) is 12.1 Å². The molecule has 1 heterocycles. The number of hydrogen-bond donors (Lipinski definition) is 1. The van der Waals surface area contributed by atoms with E-state index in [4.69, 9.17) is 4.74 Å². The summed E-state index contributed by atoms with van der Waals surface area (Å²) in [5, 5.41) is 0. The van der Waals surface area contributed by atoms with Crippen molar-refractivity contribution < 1.29 is 4.74 Å². The molecule has 1 aromatic heterocycles. The first kappa shape index (κ1) is 11.4. The van der Waals surface area contributed by atoms with Gasteiger partial charge >= 0.3 is 0 Å². The van der Waals surface area contributed by atoms with Gasteiger partial charge < -0.3 is 4.74 Å². The van der Waals surface area contributed by atoms with Gasteiger partial charge in [0.1, 0.15) is 5.75 Å². The fourth-order valence-corrected chi connectivity index (χ4v) is 1.41. The maximum Gasteiger partial charge on any atom is 0.137 e. The summed E-state index contributed by atoms with van der Waals surface area (Å²) in [4.78, 5) is 3.98. The first-order valence-electron chi connectivity index (χ1n) is 5.07. The van der Waals surface area contributed by atoms with Gasteiger partial charge in [0, 0.05) is 6.20 Å². The smallest absolute Gasteiger partial charge is 0.137 e. The fraction of sp³-hybridized carbons (Fsp3) is 0.545. The molecule has 2 nitrogen and oxygen atoms in total. The molecule has 0 aliphatic rings. The number of unbranched alkanes of at least 4 members (excludes halogenated alkanes) is 3. The van der Waals surface area contributed by atoms with Gasteiger partial charge in [-0.05, 0) is 30.7 Å². The van der Waals surface area contributed by atoms with Crippen LogP contribution in [0, 0.1) is 0 Å². The average molecular weight is 211 g/mol. The van der Waals surface area contributed by atoms with Crippen molar-refractivity contribution >= 4 is 12.6 Å². The molecule has 0 aliphatic carbocycles. The van der Waals surface area contributed by atoms with E-state index in [0.717, 1.165) is 24.5 Å². The summed E-state index contributed by atoms with van der Waals surface area (Å²) in [5.74, 6) is 1.85. The molecule has 14 heavy (non-hydrogen) atoms. The van der Waals surface area contributed by atoms with Gasteiger partial charge in [0.15, 0.2) is 0 Å². The Morgan fingerprint density at radius 3 is 2.79 bits per heavy atom. The van der Waals surface area contributed by atoms with Crippen LogP contribution in [0.5, 0.6) is 5.75 Å². The van der Waals surface area contributed by atoms with Crippen LogP contribution in [-0.4, -0.2) is 17.3 Å². The molecule has 0 atom stereocenters. The van der Waals surface area contributed by atoms with Crippen LogP contribution < -0.4 is 4.74 Å². The molecular weight excluding hydrogens is 194 g/mol. The minimum absolute atomic E-state index is 0.790. The lowest BCUT2D eigenvalue weighted by Crippen LogP contribution is -1.97. The number of thiol groups is 1. The molecule has 0 N–H and O–H groups in total. The third-order valence-electron chi connectivity index (χ3n) is 1.96. The molecule has 0 bridgehead atoms. The monoisotopic (exact) mass is 211 g/mol. The Hall–Kier alpha value is -0.700. The van der Waals surface area contributed by atoms with E-state index in [1.54, 1.807) is 12.4 Å². The minimum Gasteiger partial charge on any atom is -0.492 e. The van der Waals surface area contributed by atoms with E-state index in [-0.39, 0.29) is 0 Å². The number of nitrogens with zero attached hydrogens (tertiary/aromatic N) is 1. The van der Waals surface area contributed by atoms with Crippen molar-refractivity contribution in [1.82, 2.24) is 4.98 Å². The fourth-order valence-electron chi connectivity index (χ4n) is 1.19. The second-order valence-corrected chi connectivity index (χ2v) is 3.62. The molecule has 0 unspecified atom stereocenters. The van der Waals surface area contributed by atoms with Crippen LogP contribution in [-0.2, 0) is 0 Å². The highest BCUT2D eigenvalue weighted by Crippen LogP contribution is 2.08. The number of ether oxygens (including phenoxy) is 1. The van der Waals surface area contributed by atoms with Crippen LogP contribution in [0.25, 0.3) is 0 Å². The molecule has 3 heteroatoms. The number of aromatic nitrogens is 1. The highest BCUT2D eigenvalue weighted by molar-refractivity contribution is 7.80. The van der Waals surface area contributed by atoms with Crippen molar-refractivity contribution in [2.24, 2.45) is 0 Å². The zero-order chi connectivity index (χ0) is 10.1. The molecule has 0 saturated carbocycles. The second kappa shape index (κ2) is 7.68. The van der Waals surface area contributed by atoms with Crippen LogP contribution in [0.15, 0.2) is 24.5 Å². The zero-order valence-corrected chi connectivity index (χ0v) is 9.25. The van der Waals surface area contributed by atoms with Crippen LogP contribution in [0.2, 0.25) is 0 Å². The Morgan fingerprint density at radius 1 is 1.21 bits per heavy atom. The lowest BCUT2D eigenvalue weighted by atomic mass is 10.2. The molecule has 0 aromatic carbocycles. The molecule has 0 saturated heterocycles. The number of rotatable bonds is 7. The molecule has 0 radical (unpaired) electrons. The lowest BCUT2D eigenvalue weighted by molar-refractivity contribution is 0.304. The SMILES string of the molecule is SCCCCCCOc1cccnc1. The highest BCUT2D eigenvalue weighted by atomic mass is 32.1. The van der Waals surface area contributed by atoms with Gasteiger partial charge in [0.05, 0.1) is 12.8 Å². The summed E-state index contributed by atoms with van der Waals surface area (Å²) in [6, 6.07) is 3.82. The molecule has 1 aromatic rings. The number of pyridine rings is 1. The van der Waals surface area contributed by atoms with Crippen LogP contribution in [0.3, 0.4) is 0 Å². The Balaban J connectivity index is 1.99. The normalized spacial score (nSPS) is 10.1. The van der Waals surface area contributed by atoms with Gasteiger partial charge in [0.25, 0.3) is 0 Å². The van der Waals surface area contributed by atoms with Crippen molar-refractivity contribution in [2.45, 2.75) is 25.7 Å². The van der Waals surface area contributed by atoms with Gasteiger partial charge in [-0.15, -0.1) is 0 Å². The maximum absolute atomic E-state index is 5.50. The maximum atomic E-state index is 5.50. The van der Waals surface area contributed by atoms with Crippen molar-refractivity contribution in [1.29, 1.82) is 0 Å². The molecule has 0 fully saturated rings. The summed E-state index contributed by atoms with van der Waals surface area (Å²) in [6.07, 6.45) is 8.28. The summed E-state index contributed by atoms with van der Waals surface area (Å²) >= 11 is 4.16. The molecule has 0 amide bonds. The lowest BCUT2D eigenvalue weighted by Gasteiger charge is -2.04. The molecular formula is C11H17NOS. The molecule has 0 spiro atoms. The van der Waals surface area contributed by atoms with Gasteiger partial charge in [0.2, 0.25) is 0 Å². The standard InChI is InChI=1S/C11H17NOS/c14-9-4-2-1-3-8-13-11-6-5-7-12-10-11/h5-7,10,14H,1-4,8-9H2. The van der Waals surface area contributed by atoms with E-state index < -0.39 is 0 Å². The number of hydrogen-bond acceptors (Lipinski definition) is 3. The molecule has 0 aliphatic heterocycles. The van der Waals surface area contributed by atoms with Gasteiger partial charge in [-0.1, -0.05) is 12.8 Å². The van der Waals surface area contributed by atoms with Crippen molar-refractivity contribution in [2.75, 3.05) is 12.4 Å². The van der Waals surface area contributed by atoms with E-state index in [0.29, 0.717) is 0 Å². The van der Waals surface area contributed by atoms with Crippen LogP contribution >= 0.6 is 12.6 Å². The summed E-state index contributed by atoms with van der Waals surface area (Å²) in [5.41, 5.74) is 0. The van der Waals surface area contributed by atoms with Gasteiger partial charge in [-0.3, -0.25) is 4.98 Å². The van der Waals surface area contributed by atoms with Crippen LogP contribution in [0.1, 0.15) is 25.7 Å². The summed E-state index contributed by atoms with van der Waals surface area (Å²) in [6.45, 7) is 0.790. The predicted octanol–water partition coefficient (Wildman–Crippen LogP) is 2.95. The van der Waals surface area contributed by atoms with E-state index in [1.165, 1.54) is 19.3 Å². The largest absolute Gasteiger partial charge is 0.492 e.